The molecule has 0 radical (unpaired) electrons. The molecule has 100 valence electrons. The van der Waals surface area contributed by atoms with Crippen molar-refractivity contribution < 1.29 is 4.74 Å². The Balaban J connectivity index is 1.98. The minimum atomic E-state index is 0.150. The van der Waals surface area contributed by atoms with E-state index in [0.29, 0.717) is 0 Å². The molecule has 1 aliphatic carbocycles. The number of fused-ring (bicyclic) bond motifs is 1. The Bertz CT molecular complexity index is 587. The molecular weight excluding hydrogens is 344 g/mol. The maximum atomic E-state index is 6.11. The smallest absolute Gasteiger partial charge is 0.123 e. The molecule has 1 atom stereocenters. The Morgan fingerprint density at radius 2 is 2.16 bits per heavy atom. The van der Waals surface area contributed by atoms with Crippen LogP contribution in [0.25, 0.3) is 0 Å². The van der Waals surface area contributed by atoms with E-state index < -0.39 is 0 Å². The molecule has 1 aromatic carbocycles. The molecule has 0 aliphatic heterocycles. The zero-order chi connectivity index (χ0) is 13.4. The highest BCUT2D eigenvalue weighted by Gasteiger charge is 2.22. The van der Waals surface area contributed by atoms with Crippen molar-refractivity contribution in [2.45, 2.75) is 24.1 Å². The summed E-state index contributed by atoms with van der Waals surface area (Å²) in [6.07, 6.45) is 3.75. The first kappa shape index (κ1) is 13.5. The summed E-state index contributed by atoms with van der Waals surface area (Å²) in [7, 11) is 1.70. The molecule has 1 aliphatic rings. The third kappa shape index (κ3) is 2.56. The van der Waals surface area contributed by atoms with Gasteiger partial charge in [0, 0.05) is 20.3 Å². The maximum Gasteiger partial charge on any atom is 0.123 e. The first-order chi connectivity index (χ1) is 9.19. The number of aryl methyl sites for hydroxylation is 2. The normalized spacial score (nSPS) is 15.3. The van der Waals surface area contributed by atoms with Crippen molar-refractivity contribution in [2.24, 2.45) is 0 Å². The van der Waals surface area contributed by atoms with Crippen molar-refractivity contribution in [2.75, 3.05) is 7.11 Å². The molecule has 3 rings (SSSR count). The third-order valence-corrected chi connectivity index (χ3v) is 6.31. The summed E-state index contributed by atoms with van der Waals surface area (Å²) in [5, 5.41) is 0.740. The molecule has 0 N–H and O–H groups in total. The first-order valence-corrected chi connectivity index (χ1v) is 8.39. The van der Waals surface area contributed by atoms with Gasteiger partial charge in [0.2, 0.25) is 0 Å². The number of ether oxygens (including phenoxy) is 1. The first-order valence-electron chi connectivity index (χ1n) is 6.28. The van der Waals surface area contributed by atoms with E-state index >= 15 is 0 Å². The average molecular weight is 358 g/mol. The number of thiophene rings is 1. The lowest BCUT2D eigenvalue weighted by molar-refractivity contribution is 0.410. The van der Waals surface area contributed by atoms with Gasteiger partial charge in [-0.15, -0.1) is 11.3 Å². The molecule has 4 heteroatoms. The molecule has 0 saturated carbocycles. The van der Waals surface area contributed by atoms with E-state index in [9.17, 15) is 0 Å². The van der Waals surface area contributed by atoms with Crippen molar-refractivity contribution in [3.8, 4) is 5.75 Å². The topological polar surface area (TPSA) is 9.23 Å². The molecule has 1 nitrogen and oxygen atoms in total. The summed E-state index contributed by atoms with van der Waals surface area (Å²) < 4.78 is 5.44. The van der Waals surface area contributed by atoms with E-state index in [4.69, 9.17) is 16.3 Å². The number of benzene rings is 1. The molecule has 0 fully saturated rings. The van der Waals surface area contributed by atoms with Crippen molar-refractivity contribution in [1.82, 2.24) is 0 Å². The molecule has 19 heavy (non-hydrogen) atoms. The van der Waals surface area contributed by atoms with Crippen molar-refractivity contribution in [3.63, 3.8) is 0 Å². The molecule has 0 spiro atoms. The predicted molar refractivity (Wildman–Crippen MR) is 85.1 cm³/mol. The van der Waals surface area contributed by atoms with Gasteiger partial charge in [-0.3, -0.25) is 0 Å². The minimum Gasteiger partial charge on any atom is -0.496 e. The molecule has 1 unspecified atom stereocenters. The standard InChI is InChI=1S/C15H14BrClOS/c1-18-12-6-5-10(17)8-11(12)15(16)14-7-9-3-2-4-13(9)19-14/h5-8,15H,2-4H2,1H3. The van der Waals surface area contributed by atoms with Gasteiger partial charge in [-0.25, -0.2) is 0 Å². The lowest BCUT2D eigenvalue weighted by Gasteiger charge is -2.13. The van der Waals surface area contributed by atoms with E-state index in [1.807, 2.05) is 29.5 Å². The number of rotatable bonds is 3. The van der Waals surface area contributed by atoms with Gasteiger partial charge in [0.25, 0.3) is 0 Å². The van der Waals surface area contributed by atoms with E-state index in [-0.39, 0.29) is 4.83 Å². The second kappa shape index (κ2) is 5.47. The Labute approximate surface area is 130 Å². The quantitative estimate of drug-likeness (QED) is 0.670. The number of hydrogen-bond acceptors (Lipinski definition) is 2. The average Bonchev–Trinajstić information content (AvgIpc) is 2.98. The fraction of sp³-hybridized carbons (Fsp3) is 0.333. The van der Waals surface area contributed by atoms with Crippen LogP contribution >= 0.6 is 38.9 Å². The lowest BCUT2D eigenvalue weighted by atomic mass is 10.1. The van der Waals surface area contributed by atoms with E-state index in [1.54, 1.807) is 12.0 Å². The van der Waals surface area contributed by atoms with Gasteiger partial charge < -0.3 is 4.74 Å². The summed E-state index contributed by atoms with van der Waals surface area (Å²) in [5.41, 5.74) is 2.61. The van der Waals surface area contributed by atoms with Crippen LogP contribution in [0.3, 0.4) is 0 Å². The van der Waals surface area contributed by atoms with Crippen LogP contribution in [0.2, 0.25) is 5.02 Å². The highest BCUT2D eigenvalue weighted by molar-refractivity contribution is 9.09. The molecule has 1 heterocycles. The Hall–Kier alpha value is -0.510. The van der Waals surface area contributed by atoms with Crippen LogP contribution in [0, 0.1) is 0 Å². The SMILES string of the molecule is COc1ccc(Cl)cc1C(Br)c1cc2c(s1)CCC2. The zero-order valence-corrected chi connectivity index (χ0v) is 13.7. The van der Waals surface area contributed by atoms with Crippen molar-refractivity contribution in [1.29, 1.82) is 0 Å². The van der Waals surface area contributed by atoms with Gasteiger partial charge in [-0.2, -0.15) is 0 Å². The number of hydrogen-bond donors (Lipinski definition) is 0. The van der Waals surface area contributed by atoms with E-state index in [2.05, 4.69) is 22.0 Å². The van der Waals surface area contributed by atoms with Gasteiger partial charge in [0.05, 0.1) is 11.9 Å². The maximum absolute atomic E-state index is 6.11. The monoisotopic (exact) mass is 356 g/mol. The Morgan fingerprint density at radius 1 is 1.32 bits per heavy atom. The van der Waals surface area contributed by atoms with Crippen LogP contribution in [0.1, 0.15) is 32.1 Å². The third-order valence-electron chi connectivity index (χ3n) is 3.48. The molecule has 0 saturated heterocycles. The fourth-order valence-corrected chi connectivity index (χ4v) is 4.74. The lowest BCUT2D eigenvalue weighted by Crippen LogP contribution is -1.95. The summed E-state index contributed by atoms with van der Waals surface area (Å²) >= 11 is 11.8. The van der Waals surface area contributed by atoms with Crippen LogP contribution in [-0.2, 0) is 12.8 Å². The molecule has 1 aromatic heterocycles. The number of halogens is 2. The van der Waals surface area contributed by atoms with Gasteiger partial charge in [0.1, 0.15) is 5.75 Å². The van der Waals surface area contributed by atoms with Gasteiger partial charge >= 0.3 is 0 Å². The van der Waals surface area contributed by atoms with Gasteiger partial charge in [-0.05, 0) is 49.1 Å². The van der Waals surface area contributed by atoms with Crippen LogP contribution in [0.5, 0.6) is 5.75 Å². The summed E-state index contributed by atoms with van der Waals surface area (Å²) in [6.45, 7) is 0. The van der Waals surface area contributed by atoms with Crippen LogP contribution in [0.15, 0.2) is 24.3 Å². The second-order valence-electron chi connectivity index (χ2n) is 4.70. The summed E-state index contributed by atoms with van der Waals surface area (Å²) in [6, 6.07) is 8.09. The number of alkyl halides is 1. The fourth-order valence-electron chi connectivity index (χ4n) is 2.53. The highest BCUT2D eigenvalue weighted by atomic mass is 79.9. The molecule has 2 aromatic rings. The van der Waals surface area contributed by atoms with Gasteiger partial charge in [-0.1, -0.05) is 27.5 Å². The van der Waals surface area contributed by atoms with Crippen LogP contribution in [0.4, 0.5) is 0 Å². The summed E-state index contributed by atoms with van der Waals surface area (Å²) in [4.78, 5) is 3.03. The van der Waals surface area contributed by atoms with E-state index in [1.165, 1.54) is 29.7 Å². The van der Waals surface area contributed by atoms with Crippen LogP contribution in [-0.4, -0.2) is 7.11 Å². The second-order valence-corrected chi connectivity index (χ2v) is 7.22. The predicted octanol–water partition coefficient (Wildman–Crippen LogP) is 5.38. The zero-order valence-electron chi connectivity index (χ0n) is 10.6. The highest BCUT2D eigenvalue weighted by Crippen LogP contribution is 2.43. The van der Waals surface area contributed by atoms with E-state index in [0.717, 1.165) is 16.3 Å². The van der Waals surface area contributed by atoms with Gasteiger partial charge in [0.15, 0.2) is 0 Å². The molecule has 0 bridgehead atoms. The number of methoxy groups -OCH3 is 1. The van der Waals surface area contributed by atoms with Crippen molar-refractivity contribution >= 4 is 38.9 Å². The van der Waals surface area contributed by atoms with Crippen molar-refractivity contribution in [3.05, 3.63) is 50.2 Å². The molecular formula is C15H14BrClOS. The Morgan fingerprint density at radius 3 is 2.89 bits per heavy atom. The van der Waals surface area contributed by atoms with Crippen LogP contribution < -0.4 is 4.74 Å². The minimum absolute atomic E-state index is 0.150. The largest absolute Gasteiger partial charge is 0.496 e. The summed E-state index contributed by atoms with van der Waals surface area (Å²) in [5.74, 6) is 0.875. The molecule has 0 amide bonds. The Kier molecular flexibility index (Phi) is 3.88.